The second kappa shape index (κ2) is 10.1. The number of amides is 1. The van der Waals surface area contributed by atoms with Crippen molar-refractivity contribution in [1.29, 1.82) is 0 Å². The van der Waals surface area contributed by atoms with Crippen LogP contribution in [-0.2, 0) is 14.3 Å². The second-order valence-corrected chi connectivity index (χ2v) is 9.81. The molecular weight excluding hydrogens is 472 g/mol. The van der Waals surface area contributed by atoms with E-state index in [0.29, 0.717) is 65.3 Å². The number of fused-ring (bicyclic) bond motifs is 1. The van der Waals surface area contributed by atoms with Crippen molar-refractivity contribution in [3.63, 3.8) is 0 Å². The van der Waals surface area contributed by atoms with Crippen molar-refractivity contribution in [2.24, 2.45) is 5.92 Å². The van der Waals surface area contributed by atoms with Crippen molar-refractivity contribution in [2.45, 2.75) is 26.7 Å². The Kier molecular flexibility index (Phi) is 7.18. The van der Waals surface area contributed by atoms with Gasteiger partial charge in [-0.05, 0) is 44.4 Å². The van der Waals surface area contributed by atoms with Crippen molar-refractivity contribution >= 4 is 57.7 Å². The largest absolute Gasteiger partial charge is 0.466 e. The minimum absolute atomic E-state index is 0.168. The third kappa shape index (κ3) is 4.52. The van der Waals surface area contributed by atoms with Gasteiger partial charge in [-0.2, -0.15) is 0 Å². The second-order valence-electron chi connectivity index (χ2n) is 8.13. The molecule has 2 saturated heterocycles. The lowest BCUT2D eigenvalue weighted by Gasteiger charge is -2.32. The van der Waals surface area contributed by atoms with Crippen LogP contribution in [0.25, 0.3) is 11.7 Å². The summed E-state index contributed by atoms with van der Waals surface area (Å²) in [5.41, 5.74) is 1.50. The van der Waals surface area contributed by atoms with Crippen LogP contribution >= 0.6 is 24.0 Å². The quantitative estimate of drug-likeness (QED) is 0.260. The van der Waals surface area contributed by atoms with Crippen LogP contribution < -0.4 is 10.5 Å². The van der Waals surface area contributed by atoms with E-state index in [9.17, 15) is 14.4 Å². The molecule has 0 bridgehead atoms. The molecule has 0 N–H and O–H groups in total. The average molecular weight is 499 g/mol. The summed E-state index contributed by atoms with van der Waals surface area (Å²) in [4.78, 5) is 47.4. The van der Waals surface area contributed by atoms with Crippen LogP contribution in [-0.4, -0.2) is 56.7 Å². The fraction of sp³-hybridized carbons (Fsp3) is 0.375. The highest BCUT2D eigenvalue weighted by molar-refractivity contribution is 8.26. The highest BCUT2D eigenvalue weighted by atomic mass is 32.2. The van der Waals surface area contributed by atoms with Crippen LogP contribution in [0.5, 0.6) is 0 Å². The molecule has 4 heterocycles. The van der Waals surface area contributed by atoms with E-state index in [1.54, 1.807) is 31.3 Å². The summed E-state index contributed by atoms with van der Waals surface area (Å²) in [6, 6.07) is 3.70. The number of pyridine rings is 1. The van der Waals surface area contributed by atoms with Crippen molar-refractivity contribution < 1.29 is 14.3 Å². The van der Waals surface area contributed by atoms with Crippen molar-refractivity contribution in [3.8, 4) is 0 Å². The number of hydrogen-bond acceptors (Lipinski definition) is 8. The third-order valence-corrected chi connectivity index (χ3v) is 7.32. The maximum Gasteiger partial charge on any atom is 0.309 e. The average Bonchev–Trinajstić information content (AvgIpc) is 3.09. The summed E-state index contributed by atoms with van der Waals surface area (Å²) >= 11 is 6.51. The summed E-state index contributed by atoms with van der Waals surface area (Å²) in [6.07, 6.45) is 6.10. The van der Waals surface area contributed by atoms with Crippen molar-refractivity contribution in [2.75, 3.05) is 31.1 Å². The Morgan fingerprint density at radius 1 is 1.35 bits per heavy atom. The van der Waals surface area contributed by atoms with E-state index in [0.717, 1.165) is 17.3 Å². The number of thioether (sulfide) groups is 1. The molecule has 2 aliphatic heterocycles. The summed E-state index contributed by atoms with van der Waals surface area (Å²) in [7, 11) is 0. The standard InChI is InChI=1S/C24H26N4O4S2/c1-4-10-28-22(30)18(34-24(28)33)14-17-20(25-19-15(3)7-6-11-27(19)21(17)29)26-12-8-16(9-13-26)23(31)32-5-2/h4,6-7,11,14,16H,1,5,8-10,12-13H2,2-3H3/b18-14-. The molecule has 0 unspecified atom stereocenters. The molecule has 1 amide bonds. The van der Waals surface area contributed by atoms with Gasteiger partial charge in [0.2, 0.25) is 0 Å². The number of hydrogen-bond donors (Lipinski definition) is 0. The summed E-state index contributed by atoms with van der Waals surface area (Å²) in [5.74, 6) is -0.0973. The lowest BCUT2D eigenvalue weighted by molar-refractivity contribution is -0.148. The summed E-state index contributed by atoms with van der Waals surface area (Å²) < 4.78 is 7.11. The molecule has 10 heteroatoms. The van der Waals surface area contributed by atoms with Gasteiger partial charge in [-0.25, -0.2) is 4.98 Å². The molecule has 0 spiro atoms. The van der Waals surface area contributed by atoms with E-state index >= 15 is 0 Å². The molecule has 178 valence electrons. The first-order chi connectivity index (χ1) is 16.3. The van der Waals surface area contributed by atoms with Gasteiger partial charge in [-0.1, -0.05) is 36.1 Å². The number of aryl methyl sites for hydroxylation is 1. The first-order valence-corrected chi connectivity index (χ1v) is 12.4. The van der Waals surface area contributed by atoms with Gasteiger partial charge in [0, 0.05) is 25.8 Å². The number of ether oxygens (including phenoxy) is 1. The fourth-order valence-electron chi connectivity index (χ4n) is 4.17. The fourth-order valence-corrected chi connectivity index (χ4v) is 5.43. The number of nitrogens with zero attached hydrogens (tertiary/aromatic N) is 4. The Hall–Kier alpha value is -2.98. The highest BCUT2D eigenvalue weighted by Crippen LogP contribution is 2.34. The smallest absolute Gasteiger partial charge is 0.309 e. The molecule has 2 aromatic rings. The molecule has 0 aliphatic carbocycles. The molecular formula is C24H26N4O4S2. The van der Waals surface area contributed by atoms with Gasteiger partial charge >= 0.3 is 5.97 Å². The minimum Gasteiger partial charge on any atom is -0.466 e. The Morgan fingerprint density at radius 2 is 2.09 bits per heavy atom. The van der Waals surface area contributed by atoms with Crippen molar-refractivity contribution in [3.05, 3.63) is 57.4 Å². The van der Waals surface area contributed by atoms with E-state index in [4.69, 9.17) is 21.9 Å². The zero-order valence-corrected chi connectivity index (χ0v) is 20.8. The molecule has 0 atom stereocenters. The van der Waals surface area contributed by atoms with Gasteiger partial charge in [0.05, 0.1) is 23.0 Å². The number of anilines is 1. The number of rotatable bonds is 6. The molecule has 0 saturated carbocycles. The van der Waals surface area contributed by atoms with Crippen LogP contribution in [0.2, 0.25) is 0 Å². The molecule has 8 nitrogen and oxygen atoms in total. The van der Waals surface area contributed by atoms with Crippen LogP contribution in [0, 0.1) is 12.8 Å². The number of carbonyl (C=O) groups is 2. The monoisotopic (exact) mass is 498 g/mol. The van der Waals surface area contributed by atoms with Gasteiger partial charge in [-0.15, -0.1) is 6.58 Å². The molecule has 2 fully saturated rings. The van der Waals surface area contributed by atoms with E-state index in [-0.39, 0.29) is 23.4 Å². The third-order valence-electron chi connectivity index (χ3n) is 5.94. The SMILES string of the molecule is C=CCN1C(=O)/C(=C/c2c(N3CCC(C(=O)OCC)CC3)nc3c(C)cccn3c2=O)SC1=S. The topological polar surface area (TPSA) is 84.2 Å². The first-order valence-electron chi connectivity index (χ1n) is 11.2. The molecule has 0 aromatic carbocycles. The number of piperidine rings is 1. The van der Waals surface area contributed by atoms with E-state index in [1.807, 2.05) is 17.9 Å². The lowest BCUT2D eigenvalue weighted by atomic mass is 9.96. The predicted octanol–water partition coefficient (Wildman–Crippen LogP) is 3.17. The maximum atomic E-state index is 13.6. The number of aromatic nitrogens is 2. The molecule has 2 aliphatic rings. The van der Waals surface area contributed by atoms with Gasteiger partial charge < -0.3 is 9.64 Å². The van der Waals surface area contributed by atoms with Crippen LogP contribution in [0.1, 0.15) is 30.9 Å². The number of thiocarbonyl (C=S) groups is 1. The maximum absolute atomic E-state index is 13.6. The molecule has 2 aromatic heterocycles. The van der Waals surface area contributed by atoms with Gasteiger partial charge in [0.25, 0.3) is 11.5 Å². The lowest BCUT2D eigenvalue weighted by Crippen LogP contribution is -2.39. The van der Waals surface area contributed by atoms with Gasteiger partial charge in [0.15, 0.2) is 0 Å². The summed E-state index contributed by atoms with van der Waals surface area (Å²) in [5, 5.41) is 0. The Labute approximate surface area is 207 Å². The predicted molar refractivity (Wildman–Crippen MR) is 138 cm³/mol. The van der Waals surface area contributed by atoms with E-state index < -0.39 is 0 Å². The normalized spacial score (nSPS) is 18.2. The Bertz CT molecular complexity index is 1260. The Morgan fingerprint density at radius 3 is 2.76 bits per heavy atom. The first kappa shape index (κ1) is 24.2. The van der Waals surface area contributed by atoms with E-state index in [2.05, 4.69) is 6.58 Å². The van der Waals surface area contributed by atoms with Gasteiger partial charge in [-0.3, -0.25) is 23.7 Å². The molecule has 4 rings (SSSR count). The van der Waals surface area contributed by atoms with Crippen LogP contribution in [0.15, 0.2) is 40.7 Å². The van der Waals surface area contributed by atoms with Gasteiger partial charge in [0.1, 0.15) is 15.8 Å². The highest BCUT2D eigenvalue weighted by Gasteiger charge is 2.33. The number of carbonyl (C=O) groups excluding carboxylic acids is 2. The minimum atomic E-state index is -0.259. The van der Waals surface area contributed by atoms with Crippen LogP contribution in [0.3, 0.4) is 0 Å². The Balaban J connectivity index is 1.77. The zero-order chi connectivity index (χ0) is 24.4. The van der Waals surface area contributed by atoms with E-state index in [1.165, 1.54) is 9.30 Å². The number of esters is 1. The summed E-state index contributed by atoms with van der Waals surface area (Å²) in [6.45, 7) is 9.15. The molecule has 0 radical (unpaired) electrons. The van der Waals surface area contributed by atoms with Crippen molar-refractivity contribution in [1.82, 2.24) is 14.3 Å². The van der Waals surface area contributed by atoms with Crippen LogP contribution in [0.4, 0.5) is 5.82 Å². The molecule has 34 heavy (non-hydrogen) atoms. The zero-order valence-electron chi connectivity index (χ0n) is 19.2.